The molecule has 0 radical (unpaired) electrons. The summed E-state index contributed by atoms with van der Waals surface area (Å²) >= 11 is 0. The van der Waals surface area contributed by atoms with E-state index < -0.39 is 18.4 Å². The number of aliphatic carboxylic acids is 1. The second-order valence-corrected chi connectivity index (χ2v) is 3.44. The van der Waals surface area contributed by atoms with Gasteiger partial charge in [0.1, 0.15) is 13.0 Å². The maximum absolute atomic E-state index is 10.9. The van der Waals surface area contributed by atoms with Gasteiger partial charge >= 0.3 is 11.9 Å². The molecule has 0 heterocycles. The SMILES string of the molecule is COC(C)COC(C)COC(=O)CC(=O)O. The van der Waals surface area contributed by atoms with Crippen molar-refractivity contribution < 1.29 is 28.9 Å². The summed E-state index contributed by atoms with van der Waals surface area (Å²) in [5, 5.41) is 8.31. The molecule has 2 atom stereocenters. The molecule has 0 aliphatic rings. The van der Waals surface area contributed by atoms with Crippen LogP contribution in [0.15, 0.2) is 0 Å². The van der Waals surface area contributed by atoms with Crippen molar-refractivity contribution in [2.24, 2.45) is 0 Å². The Kier molecular flexibility index (Phi) is 7.49. The number of methoxy groups -OCH3 is 1. The van der Waals surface area contributed by atoms with Crippen LogP contribution in [0.25, 0.3) is 0 Å². The van der Waals surface area contributed by atoms with E-state index in [9.17, 15) is 9.59 Å². The Bertz CT molecular complexity index is 227. The zero-order valence-corrected chi connectivity index (χ0v) is 9.76. The molecule has 0 spiro atoms. The molecule has 1 N–H and O–H groups in total. The summed E-state index contributed by atoms with van der Waals surface area (Å²) in [6, 6.07) is 0. The molecule has 0 aliphatic heterocycles. The summed E-state index contributed by atoms with van der Waals surface area (Å²) < 4.78 is 15.0. The van der Waals surface area contributed by atoms with Gasteiger partial charge in [0.25, 0.3) is 0 Å². The van der Waals surface area contributed by atoms with Crippen LogP contribution >= 0.6 is 0 Å². The molecular formula is C10H18O6. The van der Waals surface area contributed by atoms with Gasteiger partial charge in [-0.15, -0.1) is 0 Å². The van der Waals surface area contributed by atoms with Crippen molar-refractivity contribution in [3.8, 4) is 0 Å². The highest BCUT2D eigenvalue weighted by Crippen LogP contribution is 1.97. The van der Waals surface area contributed by atoms with Crippen LogP contribution < -0.4 is 0 Å². The highest BCUT2D eigenvalue weighted by molar-refractivity contribution is 5.90. The number of rotatable bonds is 8. The van der Waals surface area contributed by atoms with Gasteiger partial charge in [-0.3, -0.25) is 9.59 Å². The molecule has 0 rings (SSSR count). The normalized spacial score (nSPS) is 14.2. The molecule has 0 fully saturated rings. The largest absolute Gasteiger partial charge is 0.481 e. The predicted molar refractivity (Wildman–Crippen MR) is 55.1 cm³/mol. The van der Waals surface area contributed by atoms with E-state index in [4.69, 9.17) is 19.3 Å². The highest BCUT2D eigenvalue weighted by atomic mass is 16.6. The van der Waals surface area contributed by atoms with E-state index in [1.165, 1.54) is 0 Å². The van der Waals surface area contributed by atoms with Crippen molar-refractivity contribution in [3.05, 3.63) is 0 Å². The van der Waals surface area contributed by atoms with Gasteiger partial charge in [-0.25, -0.2) is 0 Å². The lowest BCUT2D eigenvalue weighted by Gasteiger charge is -2.15. The van der Waals surface area contributed by atoms with Crippen molar-refractivity contribution in [3.63, 3.8) is 0 Å². The standard InChI is InChI=1S/C10H18O6/c1-7(14-3)5-15-8(2)6-16-10(13)4-9(11)12/h7-8H,4-6H2,1-3H3,(H,11,12). The Morgan fingerprint density at radius 2 is 1.81 bits per heavy atom. The van der Waals surface area contributed by atoms with E-state index in [1.54, 1.807) is 14.0 Å². The number of esters is 1. The van der Waals surface area contributed by atoms with Gasteiger partial charge in [0.05, 0.1) is 18.8 Å². The Morgan fingerprint density at radius 1 is 1.19 bits per heavy atom. The number of ether oxygens (including phenoxy) is 3. The number of carboxylic acids is 1. The van der Waals surface area contributed by atoms with Gasteiger partial charge in [0.2, 0.25) is 0 Å². The lowest BCUT2D eigenvalue weighted by molar-refractivity contribution is -0.154. The lowest BCUT2D eigenvalue weighted by atomic mass is 10.4. The zero-order valence-electron chi connectivity index (χ0n) is 9.76. The predicted octanol–water partition coefficient (Wildman–Crippen LogP) is 0.444. The lowest BCUT2D eigenvalue weighted by Crippen LogP contribution is -2.24. The third-order valence-electron chi connectivity index (χ3n) is 1.79. The fraction of sp³-hybridized carbons (Fsp3) is 0.800. The molecule has 0 saturated heterocycles. The van der Waals surface area contributed by atoms with Crippen LogP contribution in [-0.4, -0.2) is 49.6 Å². The Labute approximate surface area is 94.5 Å². The Hall–Kier alpha value is -1.14. The summed E-state index contributed by atoms with van der Waals surface area (Å²) in [7, 11) is 1.57. The average Bonchev–Trinajstić information content (AvgIpc) is 2.22. The molecule has 0 bridgehead atoms. The fourth-order valence-electron chi connectivity index (χ4n) is 0.801. The monoisotopic (exact) mass is 234 g/mol. The molecule has 0 aromatic rings. The minimum Gasteiger partial charge on any atom is -0.481 e. The summed E-state index contributed by atoms with van der Waals surface area (Å²) in [6.45, 7) is 4.02. The summed E-state index contributed by atoms with van der Waals surface area (Å²) in [6.07, 6.45) is -0.936. The number of carboxylic acid groups (broad SMARTS) is 1. The van der Waals surface area contributed by atoms with Crippen LogP contribution in [0.1, 0.15) is 20.3 Å². The summed E-state index contributed by atoms with van der Waals surface area (Å²) in [5.41, 5.74) is 0. The molecule has 2 unspecified atom stereocenters. The number of carbonyl (C=O) groups excluding carboxylic acids is 1. The van der Waals surface area contributed by atoms with Gasteiger partial charge in [-0.2, -0.15) is 0 Å². The number of hydrogen-bond donors (Lipinski definition) is 1. The molecule has 6 nitrogen and oxygen atoms in total. The van der Waals surface area contributed by atoms with Crippen LogP contribution in [0.3, 0.4) is 0 Å². The number of hydrogen-bond acceptors (Lipinski definition) is 5. The first-order valence-corrected chi connectivity index (χ1v) is 4.97. The molecule has 94 valence electrons. The first-order chi connectivity index (χ1) is 7.45. The van der Waals surface area contributed by atoms with E-state index in [0.717, 1.165) is 0 Å². The first kappa shape index (κ1) is 14.9. The maximum Gasteiger partial charge on any atom is 0.317 e. The second kappa shape index (κ2) is 8.06. The van der Waals surface area contributed by atoms with Crippen LogP contribution in [0.5, 0.6) is 0 Å². The van der Waals surface area contributed by atoms with Crippen molar-refractivity contribution in [1.29, 1.82) is 0 Å². The Balaban J connectivity index is 3.60. The smallest absolute Gasteiger partial charge is 0.317 e. The van der Waals surface area contributed by atoms with Crippen molar-refractivity contribution in [1.82, 2.24) is 0 Å². The molecule has 0 amide bonds. The van der Waals surface area contributed by atoms with Gasteiger partial charge in [-0.1, -0.05) is 0 Å². The van der Waals surface area contributed by atoms with Crippen LogP contribution in [0.4, 0.5) is 0 Å². The minimum atomic E-state index is -1.20. The van der Waals surface area contributed by atoms with Crippen LogP contribution in [0, 0.1) is 0 Å². The van der Waals surface area contributed by atoms with Gasteiger partial charge in [-0.05, 0) is 13.8 Å². The summed E-state index contributed by atoms with van der Waals surface area (Å²) in [5.74, 6) is -1.96. The van der Waals surface area contributed by atoms with E-state index in [1.807, 2.05) is 6.92 Å². The first-order valence-electron chi connectivity index (χ1n) is 4.97. The second-order valence-electron chi connectivity index (χ2n) is 3.44. The zero-order chi connectivity index (χ0) is 12.6. The third kappa shape index (κ3) is 8.19. The van der Waals surface area contributed by atoms with Crippen molar-refractivity contribution >= 4 is 11.9 Å². The molecule has 16 heavy (non-hydrogen) atoms. The molecule has 6 heteroatoms. The topological polar surface area (TPSA) is 82.1 Å². The summed E-state index contributed by atoms with van der Waals surface area (Å²) in [4.78, 5) is 21.0. The van der Waals surface area contributed by atoms with E-state index in [-0.39, 0.29) is 18.8 Å². The molecule has 0 aromatic carbocycles. The third-order valence-corrected chi connectivity index (χ3v) is 1.79. The van der Waals surface area contributed by atoms with Gasteiger partial charge < -0.3 is 19.3 Å². The molecular weight excluding hydrogens is 216 g/mol. The number of carbonyl (C=O) groups is 2. The highest BCUT2D eigenvalue weighted by Gasteiger charge is 2.12. The maximum atomic E-state index is 10.9. The van der Waals surface area contributed by atoms with Crippen LogP contribution in [0.2, 0.25) is 0 Å². The van der Waals surface area contributed by atoms with Crippen molar-refractivity contribution in [2.45, 2.75) is 32.5 Å². The van der Waals surface area contributed by atoms with Crippen LogP contribution in [-0.2, 0) is 23.8 Å². The van der Waals surface area contributed by atoms with Gasteiger partial charge in [0.15, 0.2) is 0 Å². The van der Waals surface area contributed by atoms with E-state index >= 15 is 0 Å². The molecule has 0 aliphatic carbocycles. The quantitative estimate of drug-likeness (QED) is 0.485. The van der Waals surface area contributed by atoms with E-state index in [2.05, 4.69) is 0 Å². The Morgan fingerprint density at radius 3 is 2.31 bits per heavy atom. The van der Waals surface area contributed by atoms with Gasteiger partial charge in [0, 0.05) is 7.11 Å². The van der Waals surface area contributed by atoms with E-state index in [0.29, 0.717) is 6.61 Å². The van der Waals surface area contributed by atoms with Crippen molar-refractivity contribution in [2.75, 3.05) is 20.3 Å². The molecule has 0 saturated carbocycles. The molecule has 0 aromatic heterocycles. The fourth-order valence-corrected chi connectivity index (χ4v) is 0.801. The minimum absolute atomic E-state index is 0.0304. The average molecular weight is 234 g/mol.